The summed E-state index contributed by atoms with van der Waals surface area (Å²) in [6, 6.07) is 15.2. The molecule has 0 spiro atoms. The highest BCUT2D eigenvalue weighted by Crippen LogP contribution is 2.10. The van der Waals surface area contributed by atoms with Crippen molar-refractivity contribution in [3.63, 3.8) is 0 Å². The lowest BCUT2D eigenvalue weighted by Gasteiger charge is -2.08. The minimum absolute atomic E-state index is 0.0786. The van der Waals surface area contributed by atoms with Gasteiger partial charge < -0.3 is 9.88 Å². The standard InChI is InChI=1S/C20H16F2N2O2/c21-16-8-9-17(18(22)11-16)20(26)23-12-14-4-6-15(7-5-14)13-24-10-2-1-3-19(24)25/h1-11H,12-13H2,(H,23,26). The van der Waals surface area contributed by atoms with E-state index in [2.05, 4.69) is 5.32 Å². The van der Waals surface area contributed by atoms with E-state index in [4.69, 9.17) is 0 Å². The van der Waals surface area contributed by atoms with E-state index in [9.17, 15) is 18.4 Å². The van der Waals surface area contributed by atoms with Crippen LogP contribution >= 0.6 is 0 Å². The average molecular weight is 354 g/mol. The van der Waals surface area contributed by atoms with Crippen molar-refractivity contribution in [1.82, 2.24) is 9.88 Å². The summed E-state index contributed by atoms with van der Waals surface area (Å²) < 4.78 is 28.1. The molecule has 3 rings (SSSR count). The predicted octanol–water partition coefficient (Wildman–Crippen LogP) is 3.10. The average Bonchev–Trinajstić information content (AvgIpc) is 2.63. The fourth-order valence-corrected chi connectivity index (χ4v) is 2.50. The van der Waals surface area contributed by atoms with Gasteiger partial charge in [0.2, 0.25) is 0 Å². The fourth-order valence-electron chi connectivity index (χ4n) is 2.50. The van der Waals surface area contributed by atoms with Crippen molar-refractivity contribution in [2.75, 3.05) is 0 Å². The van der Waals surface area contributed by atoms with Gasteiger partial charge in [-0.3, -0.25) is 9.59 Å². The summed E-state index contributed by atoms with van der Waals surface area (Å²) in [4.78, 5) is 23.7. The van der Waals surface area contributed by atoms with Gasteiger partial charge in [0.25, 0.3) is 11.5 Å². The second-order valence-electron chi connectivity index (χ2n) is 5.79. The van der Waals surface area contributed by atoms with Crippen molar-refractivity contribution in [2.45, 2.75) is 13.1 Å². The molecule has 0 saturated carbocycles. The first-order valence-electron chi connectivity index (χ1n) is 7.99. The molecular formula is C20H16F2N2O2. The number of nitrogens with zero attached hydrogens (tertiary/aromatic N) is 1. The third-order valence-electron chi connectivity index (χ3n) is 3.90. The Labute approximate surface area is 148 Å². The summed E-state index contributed by atoms with van der Waals surface area (Å²) in [5.74, 6) is -2.24. The van der Waals surface area contributed by atoms with Gasteiger partial charge in [0.15, 0.2) is 0 Å². The largest absolute Gasteiger partial charge is 0.348 e. The van der Waals surface area contributed by atoms with Crippen LogP contribution in [0, 0.1) is 11.6 Å². The maximum Gasteiger partial charge on any atom is 0.254 e. The van der Waals surface area contributed by atoms with Gasteiger partial charge >= 0.3 is 0 Å². The third kappa shape index (κ3) is 4.22. The van der Waals surface area contributed by atoms with Crippen LogP contribution in [0.2, 0.25) is 0 Å². The molecule has 1 N–H and O–H groups in total. The minimum atomic E-state index is -0.897. The summed E-state index contributed by atoms with van der Waals surface area (Å²) in [7, 11) is 0. The van der Waals surface area contributed by atoms with Gasteiger partial charge in [-0.25, -0.2) is 8.78 Å². The molecule has 0 radical (unpaired) electrons. The Kier molecular flexibility index (Phi) is 5.22. The van der Waals surface area contributed by atoms with Crippen LogP contribution in [0.3, 0.4) is 0 Å². The van der Waals surface area contributed by atoms with Crippen LogP contribution in [0.1, 0.15) is 21.5 Å². The Balaban J connectivity index is 1.61. The molecule has 2 aromatic carbocycles. The summed E-state index contributed by atoms with van der Waals surface area (Å²) in [5, 5.41) is 2.60. The van der Waals surface area contributed by atoms with Gasteiger partial charge in [0.05, 0.1) is 12.1 Å². The van der Waals surface area contributed by atoms with Gasteiger partial charge in [-0.1, -0.05) is 30.3 Å². The first-order chi connectivity index (χ1) is 12.5. The number of pyridine rings is 1. The Morgan fingerprint density at radius 2 is 1.69 bits per heavy atom. The SMILES string of the molecule is O=C(NCc1ccc(Cn2ccccc2=O)cc1)c1ccc(F)cc1F. The molecule has 0 aliphatic heterocycles. The Morgan fingerprint density at radius 1 is 0.962 bits per heavy atom. The van der Waals surface area contributed by atoms with Crippen LogP contribution in [0.15, 0.2) is 71.7 Å². The quantitative estimate of drug-likeness (QED) is 0.765. The topological polar surface area (TPSA) is 51.1 Å². The summed E-state index contributed by atoms with van der Waals surface area (Å²) in [6.07, 6.45) is 1.72. The second-order valence-corrected chi connectivity index (χ2v) is 5.79. The zero-order valence-corrected chi connectivity index (χ0v) is 13.8. The van der Waals surface area contributed by atoms with Crippen molar-refractivity contribution >= 4 is 5.91 Å². The highest BCUT2D eigenvalue weighted by atomic mass is 19.1. The smallest absolute Gasteiger partial charge is 0.254 e. The zero-order chi connectivity index (χ0) is 18.5. The number of carbonyl (C=O) groups is 1. The van der Waals surface area contributed by atoms with Crippen LogP contribution < -0.4 is 10.9 Å². The molecule has 4 nitrogen and oxygen atoms in total. The number of nitrogens with one attached hydrogen (secondary N) is 1. The Morgan fingerprint density at radius 3 is 2.38 bits per heavy atom. The van der Waals surface area contributed by atoms with Gasteiger partial charge in [-0.05, 0) is 29.3 Å². The van der Waals surface area contributed by atoms with Crippen molar-refractivity contribution in [3.05, 3.63) is 106 Å². The van der Waals surface area contributed by atoms with Gasteiger partial charge in [-0.2, -0.15) is 0 Å². The lowest BCUT2D eigenvalue weighted by atomic mass is 10.1. The number of halogens is 2. The molecule has 0 aliphatic rings. The van der Waals surface area contributed by atoms with E-state index in [1.807, 2.05) is 24.3 Å². The van der Waals surface area contributed by atoms with Crippen molar-refractivity contribution in [2.24, 2.45) is 0 Å². The number of rotatable bonds is 5. The molecule has 1 aromatic heterocycles. The van der Waals surface area contributed by atoms with Crippen LogP contribution in [0.4, 0.5) is 8.78 Å². The number of amides is 1. The molecule has 26 heavy (non-hydrogen) atoms. The minimum Gasteiger partial charge on any atom is -0.348 e. The highest BCUT2D eigenvalue weighted by Gasteiger charge is 2.12. The maximum atomic E-state index is 13.6. The van der Waals surface area contributed by atoms with Crippen LogP contribution in [0.25, 0.3) is 0 Å². The number of aromatic nitrogens is 1. The molecule has 132 valence electrons. The molecule has 1 amide bonds. The second kappa shape index (κ2) is 7.74. The van der Waals surface area contributed by atoms with E-state index in [1.165, 1.54) is 6.07 Å². The lowest BCUT2D eigenvalue weighted by Crippen LogP contribution is -2.24. The molecular weight excluding hydrogens is 338 g/mol. The molecule has 1 heterocycles. The maximum absolute atomic E-state index is 13.6. The van der Waals surface area contributed by atoms with E-state index in [1.54, 1.807) is 22.9 Å². The molecule has 0 unspecified atom stereocenters. The highest BCUT2D eigenvalue weighted by molar-refractivity contribution is 5.94. The van der Waals surface area contributed by atoms with E-state index in [0.717, 1.165) is 23.3 Å². The zero-order valence-electron chi connectivity index (χ0n) is 13.8. The van der Waals surface area contributed by atoms with Crippen molar-refractivity contribution < 1.29 is 13.6 Å². The molecule has 0 aliphatic carbocycles. The van der Waals surface area contributed by atoms with Crippen LogP contribution in [-0.4, -0.2) is 10.5 Å². The summed E-state index contributed by atoms with van der Waals surface area (Å²) in [5.41, 5.74) is 1.49. The summed E-state index contributed by atoms with van der Waals surface area (Å²) >= 11 is 0. The molecule has 0 bridgehead atoms. The molecule has 6 heteroatoms. The monoisotopic (exact) mass is 354 g/mol. The third-order valence-corrected chi connectivity index (χ3v) is 3.90. The number of hydrogen-bond acceptors (Lipinski definition) is 2. The Hall–Kier alpha value is -3.28. The molecule has 0 atom stereocenters. The van der Waals surface area contributed by atoms with E-state index in [0.29, 0.717) is 12.6 Å². The Bertz CT molecular complexity index is 982. The first kappa shape index (κ1) is 17.5. The number of benzene rings is 2. The van der Waals surface area contributed by atoms with E-state index in [-0.39, 0.29) is 17.7 Å². The predicted molar refractivity (Wildman–Crippen MR) is 93.8 cm³/mol. The van der Waals surface area contributed by atoms with Gasteiger partial charge in [0.1, 0.15) is 11.6 Å². The molecule has 0 fully saturated rings. The number of carbonyl (C=O) groups excluding carboxylic acids is 1. The normalized spacial score (nSPS) is 10.5. The summed E-state index contributed by atoms with van der Waals surface area (Å²) in [6.45, 7) is 0.661. The van der Waals surface area contributed by atoms with Gasteiger partial charge in [0, 0.05) is 24.9 Å². The van der Waals surface area contributed by atoms with E-state index >= 15 is 0 Å². The van der Waals surface area contributed by atoms with Crippen molar-refractivity contribution in [1.29, 1.82) is 0 Å². The molecule has 3 aromatic rings. The van der Waals surface area contributed by atoms with Gasteiger partial charge in [-0.15, -0.1) is 0 Å². The van der Waals surface area contributed by atoms with Crippen molar-refractivity contribution in [3.8, 4) is 0 Å². The van der Waals surface area contributed by atoms with E-state index < -0.39 is 17.5 Å². The van der Waals surface area contributed by atoms with Crippen LogP contribution in [-0.2, 0) is 13.1 Å². The van der Waals surface area contributed by atoms with Crippen LogP contribution in [0.5, 0.6) is 0 Å². The first-order valence-corrected chi connectivity index (χ1v) is 7.99. The molecule has 0 saturated heterocycles. The lowest BCUT2D eigenvalue weighted by molar-refractivity contribution is 0.0947. The fraction of sp³-hybridized carbons (Fsp3) is 0.100. The number of hydrogen-bond donors (Lipinski definition) is 1.